The molecule has 3 heterocycles. The number of aliphatic hydroxyl groups is 1. The summed E-state index contributed by atoms with van der Waals surface area (Å²) in [7, 11) is 3.01. The van der Waals surface area contributed by atoms with Crippen molar-refractivity contribution in [2.75, 3.05) is 27.4 Å². The lowest BCUT2D eigenvalue weighted by atomic mass is 9.94. The number of halogens is 1. The number of ether oxygens (including phenoxy) is 3. The van der Waals surface area contributed by atoms with Gasteiger partial charge in [0.1, 0.15) is 5.75 Å². The molecule has 0 saturated carbocycles. The second-order valence-corrected chi connectivity index (χ2v) is 8.94. The van der Waals surface area contributed by atoms with Gasteiger partial charge in [-0.25, -0.2) is 0 Å². The Morgan fingerprint density at radius 1 is 1.20 bits per heavy atom. The molecule has 0 radical (unpaired) electrons. The maximum absolute atomic E-state index is 13.8. The Hall–Kier alpha value is -3.49. The Labute approximate surface area is 206 Å². The van der Waals surface area contributed by atoms with Gasteiger partial charge in [0.05, 0.1) is 31.9 Å². The van der Waals surface area contributed by atoms with Crippen molar-refractivity contribution in [1.29, 1.82) is 0 Å². The predicted octanol–water partition coefficient (Wildman–Crippen LogP) is 4.86. The number of carbonyl (C=O) groups excluding carboxylic acids is 2. The van der Waals surface area contributed by atoms with E-state index < -0.39 is 23.5 Å². The molecule has 2 aromatic carbocycles. The van der Waals surface area contributed by atoms with E-state index in [2.05, 4.69) is 0 Å². The number of rotatable bonds is 7. The number of methoxy groups -OCH3 is 2. The first kappa shape index (κ1) is 23.3. The van der Waals surface area contributed by atoms with Crippen LogP contribution in [0.25, 0.3) is 11.0 Å². The van der Waals surface area contributed by atoms with E-state index in [0.29, 0.717) is 39.7 Å². The predicted molar refractivity (Wildman–Crippen MR) is 128 cm³/mol. The summed E-state index contributed by atoms with van der Waals surface area (Å²) in [5, 5.41) is 11.9. The summed E-state index contributed by atoms with van der Waals surface area (Å²) in [5.41, 5.74) is 0.906. The van der Waals surface area contributed by atoms with E-state index in [1.807, 2.05) is 0 Å². The summed E-state index contributed by atoms with van der Waals surface area (Å²) in [4.78, 5) is 28.4. The van der Waals surface area contributed by atoms with Crippen molar-refractivity contribution in [1.82, 2.24) is 4.90 Å². The molecule has 2 aliphatic heterocycles. The molecule has 35 heavy (non-hydrogen) atoms. The van der Waals surface area contributed by atoms with Crippen molar-refractivity contribution < 1.29 is 33.3 Å². The standard InChI is InChI=1S/C26H24ClNO7/c1-32-17-6-3-5-14(10-17)22-21(24(30)26(31)28(22)13-18-7-4-8-34-18)23(29)19-11-15-9-16(27)12-20(33-2)25(15)35-19/h3,5-6,9-12,18,22,30H,4,7-8,13H2,1-2H3. The number of amides is 1. The van der Waals surface area contributed by atoms with Crippen molar-refractivity contribution >= 4 is 34.3 Å². The van der Waals surface area contributed by atoms with Crippen LogP contribution in [-0.2, 0) is 9.53 Å². The minimum absolute atomic E-state index is 0.0400. The first-order valence-electron chi connectivity index (χ1n) is 11.2. The van der Waals surface area contributed by atoms with Crippen LogP contribution in [0.2, 0.25) is 5.02 Å². The van der Waals surface area contributed by atoms with Crippen LogP contribution in [0.5, 0.6) is 11.5 Å². The van der Waals surface area contributed by atoms with E-state index in [1.54, 1.807) is 36.4 Å². The Morgan fingerprint density at radius 2 is 2.03 bits per heavy atom. The van der Waals surface area contributed by atoms with E-state index in [4.69, 9.17) is 30.2 Å². The number of aliphatic hydroxyl groups excluding tert-OH is 1. The molecular formula is C26H24ClNO7. The van der Waals surface area contributed by atoms with Gasteiger partial charge in [0.25, 0.3) is 5.91 Å². The van der Waals surface area contributed by atoms with Crippen molar-refractivity contribution in [3.63, 3.8) is 0 Å². The Balaban J connectivity index is 1.60. The zero-order valence-corrected chi connectivity index (χ0v) is 20.0. The quantitative estimate of drug-likeness (QED) is 0.465. The molecule has 5 rings (SSSR count). The van der Waals surface area contributed by atoms with Gasteiger partial charge in [-0.05, 0) is 42.7 Å². The number of furan rings is 1. The fourth-order valence-corrected chi connectivity index (χ4v) is 4.94. The number of hydrogen-bond donors (Lipinski definition) is 1. The average molecular weight is 498 g/mol. The van der Waals surface area contributed by atoms with Gasteiger partial charge in [-0.3, -0.25) is 9.59 Å². The Bertz CT molecular complexity index is 1340. The molecule has 2 aliphatic rings. The first-order chi connectivity index (χ1) is 16.9. The molecule has 1 saturated heterocycles. The number of nitrogens with zero attached hydrogens (tertiary/aromatic N) is 1. The highest BCUT2D eigenvalue weighted by Gasteiger charge is 2.45. The highest BCUT2D eigenvalue weighted by molar-refractivity contribution is 6.31. The third-order valence-corrected chi connectivity index (χ3v) is 6.59. The summed E-state index contributed by atoms with van der Waals surface area (Å²) < 4.78 is 22.3. The van der Waals surface area contributed by atoms with E-state index in [0.717, 1.165) is 12.8 Å². The number of benzene rings is 2. The van der Waals surface area contributed by atoms with Gasteiger partial charge in [0.2, 0.25) is 5.78 Å². The molecule has 0 spiro atoms. The van der Waals surface area contributed by atoms with Crippen molar-refractivity contribution in [2.24, 2.45) is 0 Å². The van der Waals surface area contributed by atoms with Gasteiger partial charge in [-0.1, -0.05) is 23.7 Å². The van der Waals surface area contributed by atoms with Crippen molar-refractivity contribution in [3.05, 3.63) is 70.1 Å². The lowest BCUT2D eigenvalue weighted by Gasteiger charge is -2.29. The van der Waals surface area contributed by atoms with Gasteiger partial charge < -0.3 is 28.6 Å². The Kier molecular flexibility index (Phi) is 6.17. The van der Waals surface area contributed by atoms with E-state index >= 15 is 0 Å². The van der Waals surface area contributed by atoms with Crippen LogP contribution in [0.4, 0.5) is 0 Å². The van der Waals surface area contributed by atoms with E-state index in [-0.39, 0.29) is 24.0 Å². The average Bonchev–Trinajstić information content (AvgIpc) is 3.59. The normalized spacial score (nSPS) is 20.2. The summed E-state index contributed by atoms with van der Waals surface area (Å²) in [6.07, 6.45) is 1.51. The molecule has 9 heteroatoms. The van der Waals surface area contributed by atoms with E-state index in [1.165, 1.54) is 25.2 Å². The number of fused-ring (bicyclic) bond motifs is 1. The minimum Gasteiger partial charge on any atom is -0.503 e. The SMILES string of the molecule is COc1cccc(C2C(C(=O)c3cc4cc(Cl)cc(OC)c4o3)=C(O)C(=O)N2CC2CCCO2)c1. The van der Waals surface area contributed by atoms with Crippen LogP contribution < -0.4 is 9.47 Å². The minimum atomic E-state index is -0.840. The fraction of sp³-hybridized carbons (Fsp3) is 0.308. The topological polar surface area (TPSA) is 98.4 Å². The van der Waals surface area contributed by atoms with Crippen LogP contribution in [0.1, 0.15) is 35.0 Å². The summed E-state index contributed by atoms with van der Waals surface area (Å²) >= 11 is 6.16. The summed E-state index contributed by atoms with van der Waals surface area (Å²) in [6, 6.07) is 11.0. The number of hydrogen-bond acceptors (Lipinski definition) is 7. The van der Waals surface area contributed by atoms with Gasteiger partial charge in [0, 0.05) is 29.6 Å². The van der Waals surface area contributed by atoms with E-state index in [9.17, 15) is 14.7 Å². The van der Waals surface area contributed by atoms with Crippen LogP contribution in [-0.4, -0.2) is 55.2 Å². The zero-order valence-electron chi connectivity index (χ0n) is 19.2. The molecule has 3 aromatic rings. The molecule has 2 unspecified atom stereocenters. The summed E-state index contributed by atoms with van der Waals surface area (Å²) in [6.45, 7) is 0.857. The zero-order chi connectivity index (χ0) is 24.7. The van der Waals surface area contributed by atoms with Gasteiger partial charge in [-0.2, -0.15) is 0 Å². The molecule has 1 amide bonds. The lowest BCUT2D eigenvalue weighted by molar-refractivity contribution is -0.131. The van der Waals surface area contributed by atoms with Crippen molar-refractivity contribution in [3.8, 4) is 11.5 Å². The highest BCUT2D eigenvalue weighted by atomic mass is 35.5. The van der Waals surface area contributed by atoms with Crippen LogP contribution in [0.3, 0.4) is 0 Å². The molecule has 8 nitrogen and oxygen atoms in total. The second kappa shape index (κ2) is 9.28. The third-order valence-electron chi connectivity index (χ3n) is 6.37. The number of Topliss-reactive ketones (excluding diaryl/α,β-unsaturated/α-hetero) is 1. The molecule has 0 bridgehead atoms. The second-order valence-electron chi connectivity index (χ2n) is 8.50. The summed E-state index contributed by atoms with van der Waals surface area (Å²) in [5.74, 6) is -0.945. The molecule has 2 atom stereocenters. The van der Waals surface area contributed by atoms with Crippen molar-refractivity contribution in [2.45, 2.75) is 25.0 Å². The molecule has 1 aromatic heterocycles. The van der Waals surface area contributed by atoms with Crippen LogP contribution in [0, 0.1) is 0 Å². The largest absolute Gasteiger partial charge is 0.503 e. The maximum Gasteiger partial charge on any atom is 0.290 e. The molecule has 1 fully saturated rings. The fourth-order valence-electron chi connectivity index (χ4n) is 4.72. The maximum atomic E-state index is 13.8. The smallest absolute Gasteiger partial charge is 0.290 e. The van der Waals surface area contributed by atoms with Crippen LogP contribution in [0.15, 0.2) is 58.2 Å². The van der Waals surface area contributed by atoms with Gasteiger partial charge in [0.15, 0.2) is 22.9 Å². The van der Waals surface area contributed by atoms with Crippen LogP contribution >= 0.6 is 11.6 Å². The number of carbonyl (C=O) groups is 2. The first-order valence-corrected chi connectivity index (χ1v) is 11.6. The third kappa shape index (κ3) is 4.13. The molecular weight excluding hydrogens is 474 g/mol. The monoisotopic (exact) mass is 497 g/mol. The molecule has 1 N–H and O–H groups in total. The molecule has 0 aliphatic carbocycles. The lowest BCUT2D eigenvalue weighted by Crippen LogP contribution is -2.37. The van der Waals surface area contributed by atoms with Gasteiger partial charge >= 0.3 is 0 Å². The molecule has 182 valence electrons. The number of ketones is 1. The van der Waals surface area contributed by atoms with Gasteiger partial charge in [-0.15, -0.1) is 0 Å². The highest BCUT2D eigenvalue weighted by Crippen LogP contribution is 2.42. The Morgan fingerprint density at radius 3 is 2.74 bits per heavy atom.